The summed E-state index contributed by atoms with van der Waals surface area (Å²) >= 11 is 0. The lowest BCUT2D eigenvalue weighted by molar-refractivity contribution is -0.152. The molecule has 0 aromatic carbocycles. The van der Waals surface area contributed by atoms with Gasteiger partial charge in [-0.05, 0) is 52.9 Å². The summed E-state index contributed by atoms with van der Waals surface area (Å²) in [5.74, 6) is -0.220. The zero-order chi connectivity index (χ0) is 37.9. The Morgan fingerprint density at radius 1 is 0.471 bits per heavy atom. The van der Waals surface area contributed by atoms with E-state index in [1.165, 1.54) is 154 Å². The fourth-order valence-corrected chi connectivity index (χ4v) is 6.58. The summed E-state index contributed by atoms with van der Waals surface area (Å²) in [6.45, 7) is 14.0. The Hall–Kier alpha value is -1.14. The molecule has 0 spiro atoms. The van der Waals surface area contributed by atoms with Crippen molar-refractivity contribution < 1.29 is 28.5 Å². The first-order valence-corrected chi connectivity index (χ1v) is 22.1. The molecule has 0 aliphatic heterocycles. The minimum atomic E-state index is -0.404. The van der Waals surface area contributed by atoms with Crippen molar-refractivity contribution in [1.29, 1.82) is 0 Å². The largest absolute Gasteiger partial charge is 0.466 e. The van der Waals surface area contributed by atoms with Crippen molar-refractivity contribution in [2.45, 2.75) is 245 Å². The first kappa shape index (κ1) is 49.9. The van der Waals surface area contributed by atoms with Crippen LogP contribution in [0.15, 0.2) is 0 Å². The van der Waals surface area contributed by atoms with Gasteiger partial charge in [0.1, 0.15) is 0 Å². The van der Waals surface area contributed by atoms with Gasteiger partial charge >= 0.3 is 11.9 Å². The minimum Gasteiger partial charge on any atom is -0.466 e. The lowest BCUT2D eigenvalue weighted by Crippen LogP contribution is -2.31. The van der Waals surface area contributed by atoms with Crippen LogP contribution in [-0.4, -0.2) is 50.1 Å². The van der Waals surface area contributed by atoms with Crippen molar-refractivity contribution in [3.8, 4) is 0 Å². The third kappa shape index (κ3) is 35.6. The normalized spacial score (nSPS) is 12.2. The highest BCUT2D eigenvalue weighted by Gasteiger charge is 2.22. The van der Waals surface area contributed by atoms with E-state index in [0.29, 0.717) is 25.6 Å². The Balaban J connectivity index is 4.35. The molecule has 0 bridgehead atoms. The number of carbonyl (C=O) groups excluding carboxylic acids is 2. The Bertz CT molecular complexity index is 751. The average Bonchev–Trinajstić information content (AvgIpc) is 3.09. The summed E-state index contributed by atoms with van der Waals surface area (Å²) in [7, 11) is 1.71. The van der Waals surface area contributed by atoms with Crippen LogP contribution in [0.25, 0.3) is 0 Å². The lowest BCUT2D eigenvalue weighted by atomic mass is 9.94. The number of methoxy groups -OCH3 is 1. The van der Waals surface area contributed by atoms with E-state index in [2.05, 4.69) is 13.8 Å². The Morgan fingerprint density at radius 2 is 0.824 bits per heavy atom. The van der Waals surface area contributed by atoms with Crippen molar-refractivity contribution in [2.75, 3.05) is 26.9 Å². The monoisotopic (exact) mass is 725 g/mol. The summed E-state index contributed by atoms with van der Waals surface area (Å²) in [4.78, 5) is 24.9. The maximum atomic E-state index is 12.6. The Morgan fingerprint density at radius 3 is 1.22 bits per heavy atom. The van der Waals surface area contributed by atoms with E-state index in [-0.39, 0.29) is 37.0 Å². The first-order valence-electron chi connectivity index (χ1n) is 22.1. The fourth-order valence-electron chi connectivity index (χ4n) is 6.58. The molecule has 0 aromatic rings. The number of hydrogen-bond donors (Lipinski definition) is 0. The highest BCUT2D eigenvalue weighted by Crippen LogP contribution is 2.22. The Kier molecular flexibility index (Phi) is 33.8. The molecule has 0 unspecified atom stereocenters. The number of esters is 2. The van der Waals surface area contributed by atoms with Gasteiger partial charge < -0.3 is 18.9 Å². The molecule has 0 aliphatic rings. The van der Waals surface area contributed by atoms with Gasteiger partial charge in [0.05, 0.1) is 43.9 Å². The van der Waals surface area contributed by atoms with Gasteiger partial charge in [0, 0.05) is 13.5 Å². The van der Waals surface area contributed by atoms with E-state index in [1.807, 2.05) is 27.7 Å². The zero-order valence-electron chi connectivity index (χ0n) is 35.4. The maximum absolute atomic E-state index is 12.6. The molecule has 304 valence electrons. The van der Waals surface area contributed by atoms with Crippen LogP contribution in [0.4, 0.5) is 0 Å². The molecule has 0 radical (unpaired) electrons. The number of ether oxygens (including phenoxy) is 4. The second-order valence-electron chi connectivity index (χ2n) is 16.7. The minimum absolute atomic E-state index is 0.0598. The molecule has 0 atom stereocenters. The predicted molar refractivity (Wildman–Crippen MR) is 216 cm³/mol. The first-order chi connectivity index (χ1) is 24.5. The molecule has 0 aliphatic carbocycles. The van der Waals surface area contributed by atoms with Gasteiger partial charge in [-0.3, -0.25) is 9.59 Å². The average molecular weight is 725 g/mol. The van der Waals surface area contributed by atoms with Gasteiger partial charge in [0.15, 0.2) is 0 Å². The Labute approximate surface area is 318 Å². The van der Waals surface area contributed by atoms with Gasteiger partial charge in [-0.2, -0.15) is 0 Å². The van der Waals surface area contributed by atoms with E-state index in [0.717, 1.165) is 19.3 Å². The van der Waals surface area contributed by atoms with Gasteiger partial charge in [-0.1, -0.05) is 168 Å². The van der Waals surface area contributed by atoms with Crippen LogP contribution in [0.2, 0.25) is 0 Å². The number of rotatable bonds is 39. The molecule has 0 heterocycles. The number of hydrogen-bond acceptors (Lipinski definition) is 6. The molecule has 0 N–H and O–H groups in total. The molecule has 0 aromatic heterocycles. The van der Waals surface area contributed by atoms with Crippen molar-refractivity contribution >= 4 is 11.9 Å². The van der Waals surface area contributed by atoms with Crippen molar-refractivity contribution in [3.05, 3.63) is 0 Å². The van der Waals surface area contributed by atoms with Crippen LogP contribution in [0, 0.1) is 5.92 Å². The number of unbranched alkanes of at least 4 members (excludes halogenated alkanes) is 22. The lowest BCUT2D eigenvalue weighted by Gasteiger charge is -2.28. The SMILES string of the molecule is CCCCCCCCCCCCCCC(CCCCCCCCCCCCCC)COC(=O)CCC(=O)OCCC(C)(C)OCCC(C)(C)OC. The number of carbonyl (C=O) groups is 2. The van der Waals surface area contributed by atoms with E-state index in [9.17, 15) is 9.59 Å². The van der Waals surface area contributed by atoms with Crippen molar-refractivity contribution in [3.63, 3.8) is 0 Å². The zero-order valence-corrected chi connectivity index (χ0v) is 35.4. The molecule has 51 heavy (non-hydrogen) atoms. The highest BCUT2D eigenvalue weighted by atomic mass is 16.5. The topological polar surface area (TPSA) is 71.1 Å². The summed E-state index contributed by atoms with van der Waals surface area (Å²) in [6, 6.07) is 0. The smallest absolute Gasteiger partial charge is 0.306 e. The van der Waals surface area contributed by atoms with Crippen molar-refractivity contribution in [1.82, 2.24) is 0 Å². The van der Waals surface area contributed by atoms with Gasteiger partial charge in [0.2, 0.25) is 0 Å². The van der Waals surface area contributed by atoms with Gasteiger partial charge in [-0.25, -0.2) is 0 Å². The second-order valence-corrected chi connectivity index (χ2v) is 16.7. The van der Waals surface area contributed by atoms with Crippen LogP contribution in [0.1, 0.15) is 234 Å². The van der Waals surface area contributed by atoms with E-state index in [4.69, 9.17) is 18.9 Å². The standard InChI is InChI=1S/C45H88O6/c1-8-10-12-14-16-18-20-22-24-26-28-30-32-41(33-31-29-27-25-23-21-19-17-15-13-11-9-2)40-50-43(47)35-34-42(46)49-38-36-45(5,6)51-39-37-44(3,4)48-7/h41H,8-40H2,1-7H3. The molecular weight excluding hydrogens is 636 g/mol. The maximum Gasteiger partial charge on any atom is 0.306 e. The third-order valence-electron chi connectivity index (χ3n) is 10.7. The predicted octanol–water partition coefficient (Wildman–Crippen LogP) is 13.7. The molecule has 0 fully saturated rings. The van der Waals surface area contributed by atoms with Crippen molar-refractivity contribution in [2.24, 2.45) is 5.92 Å². The van der Waals surface area contributed by atoms with Crippen LogP contribution in [-0.2, 0) is 28.5 Å². The molecule has 0 amide bonds. The molecule has 0 saturated carbocycles. The molecule has 6 nitrogen and oxygen atoms in total. The second kappa shape index (κ2) is 34.6. The van der Waals surface area contributed by atoms with Crippen LogP contribution in [0.3, 0.4) is 0 Å². The molecular formula is C45H88O6. The van der Waals surface area contributed by atoms with Gasteiger partial charge in [0.25, 0.3) is 0 Å². The quantitative estimate of drug-likeness (QED) is 0.0464. The summed E-state index contributed by atoms with van der Waals surface area (Å²) < 4.78 is 22.6. The van der Waals surface area contributed by atoms with Gasteiger partial charge in [-0.15, -0.1) is 0 Å². The van der Waals surface area contributed by atoms with E-state index >= 15 is 0 Å². The molecule has 0 saturated heterocycles. The summed E-state index contributed by atoms with van der Waals surface area (Å²) in [6.07, 6.45) is 36.3. The summed E-state index contributed by atoms with van der Waals surface area (Å²) in [5, 5.41) is 0. The van der Waals surface area contributed by atoms with E-state index in [1.54, 1.807) is 7.11 Å². The van der Waals surface area contributed by atoms with Crippen LogP contribution >= 0.6 is 0 Å². The van der Waals surface area contributed by atoms with E-state index < -0.39 is 5.60 Å². The van der Waals surface area contributed by atoms with Crippen LogP contribution < -0.4 is 0 Å². The molecule has 6 heteroatoms. The highest BCUT2D eigenvalue weighted by molar-refractivity contribution is 5.77. The third-order valence-corrected chi connectivity index (χ3v) is 10.7. The van der Waals surface area contributed by atoms with Crippen LogP contribution in [0.5, 0.6) is 0 Å². The fraction of sp³-hybridized carbons (Fsp3) is 0.956. The summed E-state index contributed by atoms with van der Waals surface area (Å²) in [5.41, 5.74) is -0.630. The molecule has 0 rings (SSSR count).